The van der Waals surface area contributed by atoms with E-state index in [9.17, 15) is 0 Å². The summed E-state index contributed by atoms with van der Waals surface area (Å²) >= 11 is 3.53. The maximum Gasteiger partial charge on any atom is 0.0323 e. The summed E-state index contributed by atoms with van der Waals surface area (Å²) in [7, 11) is 0. The molecule has 3 heteroatoms. The van der Waals surface area contributed by atoms with E-state index in [1.807, 2.05) is 0 Å². The van der Waals surface area contributed by atoms with E-state index in [0.29, 0.717) is 10.5 Å². The number of hydrogen-bond donors (Lipinski definition) is 0. The SMILES string of the molecule is CCCCCCC(CCC)SOSC(CCC)CCCCCC. The van der Waals surface area contributed by atoms with E-state index in [4.69, 9.17) is 3.63 Å². The highest BCUT2D eigenvalue weighted by Gasteiger charge is 2.13. The molecule has 0 aliphatic heterocycles. The second kappa shape index (κ2) is 19.0. The van der Waals surface area contributed by atoms with Crippen LogP contribution in [0.5, 0.6) is 0 Å². The molecule has 0 saturated heterocycles. The quantitative estimate of drug-likeness (QED) is 0.178. The average Bonchev–Trinajstić information content (AvgIpc) is 2.55. The van der Waals surface area contributed by atoms with E-state index in [0.717, 1.165) is 0 Å². The average molecular weight is 363 g/mol. The molecule has 0 heterocycles. The van der Waals surface area contributed by atoms with Gasteiger partial charge in [0.1, 0.15) is 0 Å². The molecule has 0 rings (SSSR count). The first kappa shape index (κ1) is 23.7. The van der Waals surface area contributed by atoms with Crippen molar-refractivity contribution in [2.75, 3.05) is 0 Å². The summed E-state index contributed by atoms with van der Waals surface area (Å²) in [4.78, 5) is 0. The third-order valence-corrected chi connectivity index (χ3v) is 6.45. The Bertz CT molecular complexity index is 202. The van der Waals surface area contributed by atoms with Crippen LogP contribution in [0.15, 0.2) is 0 Å². The van der Waals surface area contributed by atoms with Crippen LogP contribution in [0.3, 0.4) is 0 Å². The monoisotopic (exact) mass is 362 g/mol. The molecule has 0 radical (unpaired) electrons. The van der Waals surface area contributed by atoms with Crippen molar-refractivity contribution in [2.24, 2.45) is 0 Å². The normalized spacial score (nSPS) is 14.1. The predicted molar refractivity (Wildman–Crippen MR) is 111 cm³/mol. The maximum absolute atomic E-state index is 6.01. The van der Waals surface area contributed by atoms with Crippen molar-refractivity contribution < 1.29 is 3.63 Å². The van der Waals surface area contributed by atoms with E-state index in [-0.39, 0.29) is 0 Å². The summed E-state index contributed by atoms with van der Waals surface area (Å²) in [6.45, 7) is 9.15. The summed E-state index contributed by atoms with van der Waals surface area (Å²) in [6, 6.07) is 0. The predicted octanol–water partition coefficient (Wildman–Crippen LogP) is 8.58. The first-order valence-corrected chi connectivity index (χ1v) is 11.9. The van der Waals surface area contributed by atoms with Gasteiger partial charge in [-0.15, -0.1) is 0 Å². The molecule has 0 bridgehead atoms. The van der Waals surface area contributed by atoms with Gasteiger partial charge in [-0.3, -0.25) is 0 Å². The molecular formula is C20H42OS2. The second-order valence-electron chi connectivity index (χ2n) is 6.78. The van der Waals surface area contributed by atoms with Gasteiger partial charge in [0.05, 0.1) is 0 Å². The number of hydrogen-bond acceptors (Lipinski definition) is 3. The van der Waals surface area contributed by atoms with Crippen LogP contribution in [-0.2, 0) is 3.63 Å². The number of unbranched alkanes of at least 4 members (excludes halogenated alkanes) is 6. The molecule has 23 heavy (non-hydrogen) atoms. The molecule has 0 amide bonds. The van der Waals surface area contributed by atoms with Crippen molar-refractivity contribution in [3.05, 3.63) is 0 Å². The molecule has 0 aliphatic carbocycles. The van der Waals surface area contributed by atoms with E-state index in [2.05, 4.69) is 27.7 Å². The first-order valence-electron chi connectivity index (χ1n) is 10.3. The Labute approximate surface area is 155 Å². The highest BCUT2D eigenvalue weighted by atomic mass is 32.2. The fourth-order valence-corrected chi connectivity index (χ4v) is 5.12. The minimum absolute atomic E-state index is 0.701. The molecule has 1 nitrogen and oxygen atoms in total. The standard InChI is InChI=1S/C20H42OS2/c1-5-9-11-13-17-19(15-7-3)22-21-23-20(16-8-4)18-14-12-10-6-2/h19-20H,5-18H2,1-4H3. The summed E-state index contributed by atoms with van der Waals surface area (Å²) in [6.07, 6.45) is 18.7. The summed E-state index contributed by atoms with van der Waals surface area (Å²) in [5.74, 6) is 0. The molecule has 0 aromatic heterocycles. The third-order valence-electron chi connectivity index (χ3n) is 4.33. The molecule has 0 aromatic rings. The van der Waals surface area contributed by atoms with Gasteiger partial charge in [0.25, 0.3) is 0 Å². The summed E-state index contributed by atoms with van der Waals surface area (Å²) in [5.41, 5.74) is 0. The lowest BCUT2D eigenvalue weighted by molar-refractivity contribution is 0.570. The molecule has 0 saturated carbocycles. The van der Waals surface area contributed by atoms with Crippen molar-refractivity contribution in [1.82, 2.24) is 0 Å². The Kier molecular flexibility index (Phi) is 19.5. The van der Waals surface area contributed by atoms with Crippen LogP contribution in [0.4, 0.5) is 0 Å². The Morgan fingerprint density at radius 1 is 0.522 bits per heavy atom. The van der Waals surface area contributed by atoms with Crippen molar-refractivity contribution in [1.29, 1.82) is 0 Å². The van der Waals surface area contributed by atoms with Gasteiger partial charge in [-0.25, -0.2) is 3.63 Å². The van der Waals surface area contributed by atoms with Gasteiger partial charge < -0.3 is 0 Å². The van der Waals surface area contributed by atoms with E-state index in [1.54, 1.807) is 24.1 Å². The largest absolute Gasteiger partial charge is 0.247 e. The zero-order valence-corrected chi connectivity index (χ0v) is 17.9. The summed E-state index contributed by atoms with van der Waals surface area (Å²) in [5, 5.41) is 1.40. The molecule has 0 aliphatic rings. The van der Waals surface area contributed by atoms with Crippen molar-refractivity contribution in [3.63, 3.8) is 0 Å². The molecule has 0 aromatic carbocycles. The van der Waals surface area contributed by atoms with Crippen LogP contribution in [0.1, 0.15) is 118 Å². The van der Waals surface area contributed by atoms with Crippen LogP contribution in [0, 0.1) is 0 Å². The molecular weight excluding hydrogens is 320 g/mol. The topological polar surface area (TPSA) is 9.23 Å². The molecule has 2 atom stereocenters. The van der Waals surface area contributed by atoms with Crippen LogP contribution >= 0.6 is 24.1 Å². The lowest BCUT2D eigenvalue weighted by atomic mass is 10.1. The van der Waals surface area contributed by atoms with Crippen molar-refractivity contribution >= 4 is 24.1 Å². The molecule has 2 unspecified atom stereocenters. The van der Waals surface area contributed by atoms with E-state index in [1.165, 1.54) is 89.9 Å². The summed E-state index contributed by atoms with van der Waals surface area (Å²) < 4.78 is 6.01. The van der Waals surface area contributed by atoms with Gasteiger partial charge >= 0.3 is 0 Å². The van der Waals surface area contributed by atoms with E-state index >= 15 is 0 Å². The lowest BCUT2D eigenvalue weighted by Crippen LogP contribution is -2.05. The fraction of sp³-hybridized carbons (Fsp3) is 1.00. The van der Waals surface area contributed by atoms with Gasteiger partial charge in [0, 0.05) is 34.6 Å². The van der Waals surface area contributed by atoms with Gasteiger partial charge in [-0.1, -0.05) is 91.9 Å². The van der Waals surface area contributed by atoms with Crippen LogP contribution in [0.25, 0.3) is 0 Å². The highest BCUT2D eigenvalue weighted by molar-refractivity contribution is 8.08. The minimum Gasteiger partial charge on any atom is -0.247 e. The lowest BCUT2D eigenvalue weighted by Gasteiger charge is -2.18. The van der Waals surface area contributed by atoms with Gasteiger partial charge in [0.2, 0.25) is 0 Å². The molecule has 0 spiro atoms. The molecule has 0 N–H and O–H groups in total. The minimum atomic E-state index is 0.701. The number of rotatable bonds is 18. The Morgan fingerprint density at radius 3 is 1.30 bits per heavy atom. The maximum atomic E-state index is 6.01. The Morgan fingerprint density at radius 2 is 0.957 bits per heavy atom. The van der Waals surface area contributed by atoms with Gasteiger partial charge in [-0.05, 0) is 25.7 Å². The van der Waals surface area contributed by atoms with Crippen molar-refractivity contribution in [3.8, 4) is 0 Å². The smallest absolute Gasteiger partial charge is 0.0323 e. The third kappa shape index (κ3) is 15.9. The Hall–Kier alpha value is 0.660. The molecule has 140 valence electrons. The van der Waals surface area contributed by atoms with Gasteiger partial charge in [0.15, 0.2) is 0 Å². The Balaban J connectivity index is 3.89. The van der Waals surface area contributed by atoms with Crippen LogP contribution < -0.4 is 0 Å². The second-order valence-corrected chi connectivity index (χ2v) is 9.04. The first-order chi connectivity index (χ1) is 11.3. The molecule has 0 fully saturated rings. The van der Waals surface area contributed by atoms with Crippen LogP contribution in [0.2, 0.25) is 0 Å². The van der Waals surface area contributed by atoms with Crippen LogP contribution in [-0.4, -0.2) is 10.5 Å². The van der Waals surface area contributed by atoms with Gasteiger partial charge in [-0.2, -0.15) is 0 Å². The zero-order chi connectivity index (χ0) is 17.2. The van der Waals surface area contributed by atoms with Crippen molar-refractivity contribution in [2.45, 2.75) is 128 Å². The van der Waals surface area contributed by atoms with E-state index < -0.39 is 0 Å². The zero-order valence-electron chi connectivity index (χ0n) is 16.3. The fourth-order valence-electron chi connectivity index (χ4n) is 2.86. The highest BCUT2D eigenvalue weighted by Crippen LogP contribution is 2.32.